The molecule has 1 aliphatic heterocycles. The smallest absolute Gasteiger partial charge is 0.237 e. The Kier molecular flexibility index (Phi) is 9.52. The number of nitrogens with one attached hydrogen (secondary N) is 1. The van der Waals surface area contributed by atoms with E-state index in [0.29, 0.717) is 56.2 Å². The van der Waals surface area contributed by atoms with Gasteiger partial charge in [-0.2, -0.15) is 5.26 Å². The van der Waals surface area contributed by atoms with E-state index in [0.717, 1.165) is 5.56 Å². The van der Waals surface area contributed by atoms with Crippen LogP contribution in [-0.4, -0.2) is 58.9 Å². The highest BCUT2D eigenvalue weighted by molar-refractivity contribution is 7.90. The molecule has 0 aromatic heterocycles. The van der Waals surface area contributed by atoms with Crippen LogP contribution in [0.4, 0.5) is 0 Å². The van der Waals surface area contributed by atoms with Crippen LogP contribution in [0.1, 0.15) is 30.9 Å². The van der Waals surface area contributed by atoms with E-state index < -0.39 is 21.6 Å². The molecule has 1 aromatic rings. The van der Waals surface area contributed by atoms with E-state index in [1.54, 1.807) is 30.7 Å². The molecule has 1 aromatic carbocycles. The van der Waals surface area contributed by atoms with Gasteiger partial charge in [0.25, 0.3) is 0 Å². The molecule has 0 spiro atoms. The van der Waals surface area contributed by atoms with Crippen molar-refractivity contribution >= 4 is 40.8 Å². The number of nitrogens with two attached hydrogens (primary N) is 1. The predicted octanol–water partition coefficient (Wildman–Crippen LogP) is 1.42. The average molecular weight is 450 g/mol. The topological polar surface area (TPSA) is 121 Å². The highest BCUT2D eigenvalue weighted by atomic mass is 32.2. The molecule has 0 saturated carbocycles. The van der Waals surface area contributed by atoms with Crippen LogP contribution in [0.25, 0.3) is 4.91 Å². The summed E-state index contributed by atoms with van der Waals surface area (Å²) in [7, 11) is -1.58. The standard InChI is InChI=1S/C20H27N5O3S2/c1-2-25(15-23-14-18(29)17-5-3-4-16(12-17)13-21)9-8-24-30(27)20(19(22)26)6-10-28-11-7-20/h3-5,12,14-15,24,29H,2,6-11H2,1H3,(H2,22,26)/b18-14-,23-15?. The number of hydrogen-bond acceptors (Lipinski definition) is 6. The Labute approximate surface area is 185 Å². The number of rotatable bonds is 10. The number of nitriles is 1. The van der Waals surface area contributed by atoms with Gasteiger partial charge >= 0.3 is 0 Å². The summed E-state index contributed by atoms with van der Waals surface area (Å²) in [5, 5.41) is 8.99. The maximum Gasteiger partial charge on any atom is 0.237 e. The molecule has 1 atom stereocenters. The number of carbonyl (C=O) groups excluding carboxylic acids is 1. The summed E-state index contributed by atoms with van der Waals surface area (Å²) in [5.74, 6) is -0.558. The van der Waals surface area contributed by atoms with Crippen molar-refractivity contribution in [3.63, 3.8) is 0 Å². The molecule has 0 radical (unpaired) electrons. The largest absolute Gasteiger partial charge is 0.381 e. The van der Waals surface area contributed by atoms with Gasteiger partial charge in [0.05, 0.1) is 18.0 Å². The first-order valence-corrected chi connectivity index (χ1v) is 11.2. The van der Waals surface area contributed by atoms with Gasteiger partial charge in [0.1, 0.15) is 15.7 Å². The highest BCUT2D eigenvalue weighted by Crippen LogP contribution is 2.26. The van der Waals surface area contributed by atoms with E-state index in [1.165, 1.54) is 0 Å². The van der Waals surface area contributed by atoms with E-state index in [4.69, 9.17) is 15.7 Å². The van der Waals surface area contributed by atoms with E-state index in [-0.39, 0.29) is 0 Å². The van der Waals surface area contributed by atoms with Gasteiger partial charge in [-0.25, -0.2) is 13.9 Å². The molecule has 0 aliphatic carbocycles. The van der Waals surface area contributed by atoms with Crippen molar-refractivity contribution in [1.29, 1.82) is 5.26 Å². The fourth-order valence-corrected chi connectivity index (χ4v) is 4.44. The molecular weight excluding hydrogens is 422 g/mol. The van der Waals surface area contributed by atoms with E-state index in [9.17, 15) is 9.00 Å². The molecule has 2 rings (SSSR count). The number of hydrogen-bond donors (Lipinski definition) is 3. The first-order valence-electron chi connectivity index (χ1n) is 9.63. The van der Waals surface area contributed by atoms with Crippen LogP contribution in [0.3, 0.4) is 0 Å². The normalized spacial score (nSPS) is 17.4. The van der Waals surface area contributed by atoms with Crippen molar-refractivity contribution in [1.82, 2.24) is 9.62 Å². The lowest BCUT2D eigenvalue weighted by Gasteiger charge is -2.33. The molecule has 1 amide bonds. The molecule has 1 heterocycles. The average Bonchev–Trinajstić information content (AvgIpc) is 2.78. The Hall–Kier alpha value is -2.19. The van der Waals surface area contributed by atoms with Crippen molar-refractivity contribution in [3.05, 3.63) is 41.6 Å². The van der Waals surface area contributed by atoms with E-state index in [2.05, 4.69) is 28.4 Å². The molecule has 0 bridgehead atoms. The van der Waals surface area contributed by atoms with Gasteiger partial charge in [-0.05, 0) is 37.5 Å². The Bertz CT molecular complexity index is 860. The first-order chi connectivity index (χ1) is 14.4. The molecule has 3 N–H and O–H groups in total. The van der Waals surface area contributed by atoms with Gasteiger partial charge in [0.2, 0.25) is 5.91 Å². The number of benzene rings is 1. The number of aliphatic imine (C=N–C) groups is 1. The number of amides is 1. The maximum absolute atomic E-state index is 12.7. The molecule has 162 valence electrons. The summed E-state index contributed by atoms with van der Waals surface area (Å²) in [4.78, 5) is 18.8. The summed E-state index contributed by atoms with van der Waals surface area (Å²) in [6, 6.07) is 9.22. The number of likely N-dealkylation sites (N-methyl/N-ethyl adjacent to an activating group) is 1. The Morgan fingerprint density at radius 1 is 1.50 bits per heavy atom. The van der Waals surface area contributed by atoms with Gasteiger partial charge in [-0.1, -0.05) is 12.1 Å². The molecular formula is C20H27N5O3S2. The van der Waals surface area contributed by atoms with E-state index >= 15 is 0 Å². The lowest BCUT2D eigenvalue weighted by atomic mass is 9.98. The number of carbonyl (C=O) groups is 1. The minimum absolute atomic E-state index is 0.351. The molecule has 30 heavy (non-hydrogen) atoms. The monoisotopic (exact) mass is 449 g/mol. The molecule has 1 saturated heterocycles. The van der Waals surface area contributed by atoms with Crippen molar-refractivity contribution < 1.29 is 13.7 Å². The number of primary amides is 1. The second-order valence-electron chi connectivity index (χ2n) is 6.73. The van der Waals surface area contributed by atoms with Gasteiger partial charge in [0.15, 0.2) is 0 Å². The summed E-state index contributed by atoms with van der Waals surface area (Å²) < 4.78 is 19.8. The summed E-state index contributed by atoms with van der Waals surface area (Å²) in [6.07, 6.45) is 3.98. The quantitative estimate of drug-likeness (QED) is 0.283. The van der Waals surface area contributed by atoms with Gasteiger partial charge in [0, 0.05) is 44.0 Å². The fraction of sp³-hybridized carbons (Fsp3) is 0.450. The summed E-state index contributed by atoms with van der Waals surface area (Å²) in [6.45, 7) is 4.39. The van der Waals surface area contributed by atoms with E-state index in [1.807, 2.05) is 17.9 Å². The Morgan fingerprint density at radius 2 is 2.23 bits per heavy atom. The number of thiol groups is 1. The van der Waals surface area contributed by atoms with Crippen molar-refractivity contribution in [2.24, 2.45) is 10.7 Å². The lowest BCUT2D eigenvalue weighted by molar-refractivity contribution is -0.122. The first kappa shape index (κ1) is 24.1. The van der Waals surface area contributed by atoms with Crippen molar-refractivity contribution in [3.8, 4) is 6.07 Å². The van der Waals surface area contributed by atoms with Crippen molar-refractivity contribution in [2.45, 2.75) is 24.5 Å². The van der Waals surface area contributed by atoms with Crippen LogP contribution < -0.4 is 10.5 Å². The third kappa shape index (κ3) is 6.40. The molecule has 1 unspecified atom stereocenters. The Morgan fingerprint density at radius 3 is 2.87 bits per heavy atom. The SMILES string of the molecule is CCN(C=N/C=C(\S)c1cccc(C#N)c1)CCNS(=O)C1(C(N)=O)CCOCC1. The van der Waals surface area contributed by atoms with Crippen molar-refractivity contribution in [2.75, 3.05) is 32.8 Å². The second-order valence-corrected chi connectivity index (χ2v) is 8.82. The summed E-state index contributed by atoms with van der Waals surface area (Å²) in [5.41, 5.74) is 6.90. The third-order valence-electron chi connectivity index (χ3n) is 4.86. The summed E-state index contributed by atoms with van der Waals surface area (Å²) >= 11 is 4.43. The molecule has 10 heteroatoms. The number of ether oxygens (including phenoxy) is 1. The molecule has 1 fully saturated rings. The van der Waals surface area contributed by atoms with Crippen LogP contribution in [-0.2, 0) is 20.5 Å². The third-order valence-corrected chi connectivity index (χ3v) is 7.02. The second kappa shape index (κ2) is 11.9. The van der Waals surface area contributed by atoms with Gasteiger partial charge in [-0.15, -0.1) is 12.6 Å². The molecule has 8 nitrogen and oxygen atoms in total. The van der Waals surface area contributed by atoms with Crippen LogP contribution in [0.15, 0.2) is 35.5 Å². The van der Waals surface area contributed by atoms with Crippen LogP contribution in [0.2, 0.25) is 0 Å². The zero-order valence-corrected chi connectivity index (χ0v) is 18.6. The minimum atomic E-state index is -1.58. The fourth-order valence-electron chi connectivity index (χ4n) is 2.96. The minimum Gasteiger partial charge on any atom is -0.381 e. The maximum atomic E-state index is 12.7. The van der Waals surface area contributed by atoms with Crippen LogP contribution >= 0.6 is 12.6 Å². The van der Waals surface area contributed by atoms with Gasteiger partial charge in [-0.3, -0.25) is 4.79 Å². The predicted molar refractivity (Wildman–Crippen MR) is 122 cm³/mol. The van der Waals surface area contributed by atoms with Crippen LogP contribution in [0, 0.1) is 11.3 Å². The zero-order valence-electron chi connectivity index (χ0n) is 16.9. The van der Waals surface area contributed by atoms with Gasteiger partial charge < -0.3 is 15.4 Å². The highest BCUT2D eigenvalue weighted by Gasteiger charge is 2.44. The Balaban J connectivity index is 1.90. The molecule has 1 aliphatic rings. The van der Waals surface area contributed by atoms with Crippen LogP contribution in [0.5, 0.6) is 0 Å². The lowest BCUT2D eigenvalue weighted by Crippen LogP contribution is -2.55. The number of nitrogens with zero attached hydrogens (tertiary/aromatic N) is 3. The zero-order chi connectivity index (χ0) is 22.0.